The molecular weight excluding hydrogens is 278 g/mol. The number of rotatable bonds is 3. The third-order valence-electron chi connectivity index (χ3n) is 4.11. The van der Waals surface area contributed by atoms with Crippen molar-refractivity contribution in [2.75, 3.05) is 12.8 Å². The fourth-order valence-electron chi connectivity index (χ4n) is 2.93. The van der Waals surface area contributed by atoms with Gasteiger partial charge in [-0.3, -0.25) is 4.79 Å². The van der Waals surface area contributed by atoms with Crippen LogP contribution in [0.2, 0.25) is 0 Å². The molecule has 2 N–H and O–H groups in total. The van der Waals surface area contributed by atoms with Crippen molar-refractivity contribution < 1.29 is 9.53 Å². The summed E-state index contributed by atoms with van der Waals surface area (Å²) in [6.45, 7) is 1.98. The van der Waals surface area contributed by atoms with Crippen LogP contribution in [0.15, 0.2) is 24.3 Å². The van der Waals surface area contributed by atoms with Crippen LogP contribution in [0.1, 0.15) is 46.7 Å². The van der Waals surface area contributed by atoms with Gasteiger partial charge in [0.2, 0.25) is 0 Å². The highest BCUT2D eigenvalue weighted by Gasteiger charge is 2.30. The van der Waals surface area contributed by atoms with E-state index in [1.807, 2.05) is 31.2 Å². The summed E-state index contributed by atoms with van der Waals surface area (Å²) in [6.07, 6.45) is 1.87. The second-order valence-corrected chi connectivity index (χ2v) is 5.50. The van der Waals surface area contributed by atoms with Gasteiger partial charge >= 0.3 is 0 Å². The molecule has 22 heavy (non-hydrogen) atoms. The lowest BCUT2D eigenvalue weighted by Gasteiger charge is -2.24. The van der Waals surface area contributed by atoms with Gasteiger partial charge in [-0.25, -0.2) is 9.97 Å². The van der Waals surface area contributed by atoms with Gasteiger partial charge in [-0.05, 0) is 30.0 Å². The Kier molecular flexibility index (Phi) is 3.79. The van der Waals surface area contributed by atoms with Crippen LogP contribution in [0.25, 0.3) is 0 Å². The molecular formula is C17H19N3O2. The molecule has 0 fully saturated rings. The monoisotopic (exact) mass is 297 g/mol. The highest BCUT2D eigenvalue weighted by atomic mass is 16.5. The van der Waals surface area contributed by atoms with Crippen LogP contribution in [0.4, 0.5) is 5.82 Å². The summed E-state index contributed by atoms with van der Waals surface area (Å²) in [6, 6.07) is 7.85. The van der Waals surface area contributed by atoms with Crippen LogP contribution < -0.4 is 10.5 Å². The van der Waals surface area contributed by atoms with E-state index in [1.54, 1.807) is 7.11 Å². The van der Waals surface area contributed by atoms with Crippen LogP contribution >= 0.6 is 0 Å². The van der Waals surface area contributed by atoms with Gasteiger partial charge in [-0.2, -0.15) is 0 Å². The molecule has 0 saturated heterocycles. The SMILES string of the molecule is CCc1nc(N)c2c(n1)C[C@@H](c1ccc(OC)cc1)CC2=O. The van der Waals surface area contributed by atoms with Gasteiger partial charge in [0.05, 0.1) is 18.4 Å². The molecule has 0 unspecified atom stereocenters. The number of hydrogen-bond acceptors (Lipinski definition) is 5. The lowest BCUT2D eigenvalue weighted by molar-refractivity contribution is 0.0963. The Morgan fingerprint density at radius 1 is 1.23 bits per heavy atom. The van der Waals surface area contributed by atoms with Gasteiger partial charge in [0.1, 0.15) is 17.4 Å². The zero-order valence-electron chi connectivity index (χ0n) is 12.8. The summed E-state index contributed by atoms with van der Waals surface area (Å²) in [5.41, 5.74) is 8.36. The Hall–Kier alpha value is -2.43. The average molecular weight is 297 g/mol. The summed E-state index contributed by atoms with van der Waals surface area (Å²) in [7, 11) is 1.64. The zero-order valence-corrected chi connectivity index (χ0v) is 12.8. The number of ketones is 1. The zero-order chi connectivity index (χ0) is 15.7. The quantitative estimate of drug-likeness (QED) is 0.942. The Morgan fingerprint density at radius 3 is 2.59 bits per heavy atom. The van der Waals surface area contributed by atoms with Crippen molar-refractivity contribution in [2.45, 2.75) is 32.1 Å². The fraction of sp³-hybridized carbons (Fsp3) is 0.353. The first-order valence-electron chi connectivity index (χ1n) is 7.44. The molecule has 5 heteroatoms. The van der Waals surface area contributed by atoms with Gasteiger partial charge in [-0.1, -0.05) is 19.1 Å². The van der Waals surface area contributed by atoms with E-state index in [2.05, 4.69) is 9.97 Å². The van der Waals surface area contributed by atoms with Gasteiger partial charge in [0.15, 0.2) is 5.78 Å². The number of aryl methyl sites for hydroxylation is 1. The highest BCUT2D eigenvalue weighted by Crippen LogP contribution is 2.34. The predicted molar refractivity (Wildman–Crippen MR) is 84.2 cm³/mol. The van der Waals surface area contributed by atoms with Gasteiger partial charge in [-0.15, -0.1) is 0 Å². The Bertz CT molecular complexity index is 711. The molecule has 0 aliphatic heterocycles. The molecule has 0 amide bonds. The standard InChI is InChI=1S/C17H19N3O2/c1-3-15-19-13-8-11(9-14(21)16(13)17(18)20-15)10-4-6-12(22-2)7-5-10/h4-7,11H,3,8-9H2,1-2H3,(H2,18,19,20)/t11-/m1/s1. The van der Waals surface area contributed by atoms with Gasteiger partial charge in [0, 0.05) is 12.8 Å². The lowest BCUT2D eigenvalue weighted by atomic mass is 9.81. The van der Waals surface area contributed by atoms with E-state index in [0.29, 0.717) is 36.5 Å². The van der Waals surface area contributed by atoms with E-state index < -0.39 is 0 Å². The molecule has 1 aromatic heterocycles. The van der Waals surface area contributed by atoms with E-state index in [0.717, 1.165) is 17.0 Å². The molecule has 2 aromatic rings. The molecule has 0 spiro atoms. The second-order valence-electron chi connectivity index (χ2n) is 5.50. The van der Waals surface area contributed by atoms with Crippen LogP contribution in [0.3, 0.4) is 0 Å². The number of methoxy groups -OCH3 is 1. The molecule has 0 bridgehead atoms. The van der Waals surface area contributed by atoms with E-state index in [4.69, 9.17) is 10.5 Å². The number of anilines is 1. The minimum Gasteiger partial charge on any atom is -0.497 e. The number of Topliss-reactive ketones (excluding diaryl/α,β-unsaturated/α-hetero) is 1. The molecule has 0 saturated carbocycles. The molecule has 1 aliphatic rings. The number of carbonyl (C=O) groups excluding carboxylic acids is 1. The van der Waals surface area contributed by atoms with Crippen LogP contribution in [0.5, 0.6) is 5.75 Å². The second kappa shape index (κ2) is 5.75. The van der Waals surface area contributed by atoms with Crippen LogP contribution in [-0.2, 0) is 12.8 Å². The summed E-state index contributed by atoms with van der Waals surface area (Å²) < 4.78 is 5.18. The van der Waals surface area contributed by atoms with Crippen molar-refractivity contribution in [3.8, 4) is 5.75 Å². The first-order valence-corrected chi connectivity index (χ1v) is 7.44. The smallest absolute Gasteiger partial charge is 0.169 e. The molecule has 1 atom stereocenters. The highest BCUT2D eigenvalue weighted by molar-refractivity contribution is 6.02. The number of fused-ring (bicyclic) bond motifs is 1. The Morgan fingerprint density at radius 2 is 1.95 bits per heavy atom. The van der Waals surface area contributed by atoms with Gasteiger partial charge in [0.25, 0.3) is 0 Å². The third kappa shape index (κ3) is 2.54. The summed E-state index contributed by atoms with van der Waals surface area (Å²) >= 11 is 0. The molecule has 1 heterocycles. The average Bonchev–Trinajstić information content (AvgIpc) is 2.54. The predicted octanol–water partition coefficient (Wildman–Crippen LogP) is 2.54. The molecule has 114 valence electrons. The van der Waals surface area contributed by atoms with E-state index in [9.17, 15) is 4.79 Å². The summed E-state index contributed by atoms with van der Waals surface area (Å²) in [5.74, 6) is 1.98. The van der Waals surface area contributed by atoms with Gasteiger partial charge < -0.3 is 10.5 Å². The number of benzene rings is 1. The minimum absolute atomic E-state index is 0.0298. The number of nitrogens with two attached hydrogens (primary N) is 1. The van der Waals surface area contributed by atoms with E-state index in [-0.39, 0.29) is 11.7 Å². The normalized spacial score (nSPS) is 17.2. The molecule has 1 aromatic carbocycles. The molecule has 0 radical (unpaired) electrons. The first-order chi connectivity index (χ1) is 10.6. The lowest BCUT2D eigenvalue weighted by Crippen LogP contribution is -2.23. The number of nitrogen functional groups attached to an aromatic ring is 1. The molecule has 3 rings (SSSR count). The summed E-state index contributed by atoms with van der Waals surface area (Å²) in [5, 5.41) is 0. The largest absolute Gasteiger partial charge is 0.497 e. The Balaban J connectivity index is 1.95. The van der Waals surface area contributed by atoms with E-state index in [1.165, 1.54) is 0 Å². The van der Waals surface area contributed by atoms with E-state index >= 15 is 0 Å². The molecule has 5 nitrogen and oxygen atoms in total. The van der Waals surface area contributed by atoms with Crippen molar-refractivity contribution in [3.63, 3.8) is 0 Å². The van der Waals surface area contributed by atoms with Crippen molar-refractivity contribution >= 4 is 11.6 Å². The fourth-order valence-corrected chi connectivity index (χ4v) is 2.93. The van der Waals surface area contributed by atoms with Crippen molar-refractivity contribution in [1.82, 2.24) is 9.97 Å². The van der Waals surface area contributed by atoms with Crippen molar-refractivity contribution in [3.05, 3.63) is 46.9 Å². The maximum atomic E-state index is 12.4. The van der Waals surface area contributed by atoms with Crippen molar-refractivity contribution in [2.24, 2.45) is 0 Å². The third-order valence-corrected chi connectivity index (χ3v) is 4.11. The number of nitrogens with zero attached hydrogens (tertiary/aromatic N) is 2. The van der Waals surface area contributed by atoms with Crippen LogP contribution in [0, 0.1) is 0 Å². The minimum atomic E-state index is 0.0298. The van der Waals surface area contributed by atoms with Crippen molar-refractivity contribution in [1.29, 1.82) is 0 Å². The maximum absolute atomic E-state index is 12.4. The maximum Gasteiger partial charge on any atom is 0.169 e. The number of aromatic nitrogens is 2. The number of carbonyl (C=O) groups is 1. The van der Waals surface area contributed by atoms with Crippen LogP contribution in [-0.4, -0.2) is 22.9 Å². The summed E-state index contributed by atoms with van der Waals surface area (Å²) in [4.78, 5) is 21.1. The molecule has 1 aliphatic carbocycles. The first kappa shape index (κ1) is 14.5. The number of ether oxygens (including phenoxy) is 1. The number of hydrogen-bond donors (Lipinski definition) is 1. The topological polar surface area (TPSA) is 78.1 Å². The Labute approximate surface area is 129 Å².